The summed E-state index contributed by atoms with van der Waals surface area (Å²) in [6, 6.07) is 0. The number of nitrogens with zero attached hydrogens (tertiary/aromatic N) is 1. The Labute approximate surface area is 186 Å². The van der Waals surface area contributed by atoms with Crippen LogP contribution in [0.25, 0.3) is 0 Å². The van der Waals surface area contributed by atoms with Gasteiger partial charge in [-0.15, -0.1) is 0 Å². The van der Waals surface area contributed by atoms with Crippen LogP contribution in [-0.4, -0.2) is 78.3 Å². The minimum absolute atomic E-state index is 0.212. The van der Waals surface area contributed by atoms with E-state index in [1.165, 1.54) is 38.5 Å². The van der Waals surface area contributed by atoms with Gasteiger partial charge in [-0.05, 0) is 39.7 Å². The van der Waals surface area contributed by atoms with E-state index in [-0.39, 0.29) is 5.92 Å². The summed E-state index contributed by atoms with van der Waals surface area (Å²) >= 11 is 0. The highest BCUT2D eigenvalue weighted by atomic mass is 16.9. The molecule has 1 atom stereocenters. The highest BCUT2D eigenvalue weighted by molar-refractivity contribution is 4.73. The quantitative estimate of drug-likeness (QED) is 0.165. The first-order valence-corrected chi connectivity index (χ1v) is 12.2. The molecular formula is C24H51NO5. The van der Waals surface area contributed by atoms with Crippen LogP contribution < -0.4 is 0 Å². The molecule has 182 valence electrons. The molecule has 0 amide bonds. The highest BCUT2D eigenvalue weighted by Crippen LogP contribution is 2.32. The highest BCUT2D eigenvalue weighted by Gasteiger charge is 2.39. The molecule has 0 saturated carbocycles. The van der Waals surface area contributed by atoms with Crippen molar-refractivity contribution in [2.24, 2.45) is 5.92 Å². The van der Waals surface area contributed by atoms with Crippen LogP contribution in [0.15, 0.2) is 0 Å². The first kappa shape index (κ1) is 29.8. The Morgan fingerprint density at radius 1 is 0.633 bits per heavy atom. The van der Waals surface area contributed by atoms with Gasteiger partial charge in [0.05, 0.1) is 13.2 Å². The van der Waals surface area contributed by atoms with E-state index in [2.05, 4.69) is 11.8 Å². The van der Waals surface area contributed by atoms with Crippen LogP contribution in [-0.2, 0) is 23.7 Å². The largest absolute Gasteiger partial charge is 0.380 e. The predicted octanol–water partition coefficient (Wildman–Crippen LogP) is 5.10. The third kappa shape index (κ3) is 13.2. The number of unbranched alkanes of at least 4 members (excludes halogenated alkanes) is 5. The van der Waals surface area contributed by atoms with Crippen LogP contribution in [0.4, 0.5) is 0 Å². The van der Waals surface area contributed by atoms with Gasteiger partial charge in [0, 0.05) is 53.6 Å². The number of hydrogen-bond donors (Lipinski definition) is 0. The fraction of sp³-hybridized carbons (Fsp3) is 1.00. The van der Waals surface area contributed by atoms with E-state index < -0.39 is 5.97 Å². The Hall–Kier alpha value is -0.240. The van der Waals surface area contributed by atoms with Crippen molar-refractivity contribution in [3.8, 4) is 0 Å². The van der Waals surface area contributed by atoms with E-state index in [0.717, 1.165) is 65.3 Å². The van der Waals surface area contributed by atoms with Crippen molar-refractivity contribution in [2.75, 3.05) is 67.4 Å². The molecule has 0 N–H and O–H groups in total. The monoisotopic (exact) mass is 433 g/mol. The van der Waals surface area contributed by atoms with Crippen molar-refractivity contribution < 1.29 is 23.7 Å². The molecule has 30 heavy (non-hydrogen) atoms. The van der Waals surface area contributed by atoms with Gasteiger partial charge in [-0.25, -0.2) is 0 Å². The van der Waals surface area contributed by atoms with E-state index in [0.29, 0.717) is 0 Å². The molecule has 0 aliphatic carbocycles. The van der Waals surface area contributed by atoms with Crippen molar-refractivity contribution in [3.63, 3.8) is 0 Å². The van der Waals surface area contributed by atoms with E-state index in [4.69, 9.17) is 23.7 Å². The maximum atomic E-state index is 5.71. The van der Waals surface area contributed by atoms with E-state index in [1.54, 1.807) is 21.3 Å². The summed E-state index contributed by atoms with van der Waals surface area (Å²) in [6.45, 7) is 12.3. The second-order valence-electron chi connectivity index (χ2n) is 7.85. The summed E-state index contributed by atoms with van der Waals surface area (Å²) in [5.41, 5.74) is 0. The van der Waals surface area contributed by atoms with Gasteiger partial charge < -0.3 is 23.7 Å². The average molecular weight is 434 g/mol. The number of rotatable bonds is 23. The molecule has 0 aliphatic rings. The lowest BCUT2D eigenvalue weighted by Gasteiger charge is -2.37. The minimum atomic E-state index is -0.953. The Morgan fingerprint density at radius 2 is 1.13 bits per heavy atom. The molecule has 0 heterocycles. The first-order valence-electron chi connectivity index (χ1n) is 12.2. The van der Waals surface area contributed by atoms with Gasteiger partial charge in [-0.2, -0.15) is 0 Å². The van der Waals surface area contributed by atoms with Crippen molar-refractivity contribution in [1.82, 2.24) is 4.90 Å². The van der Waals surface area contributed by atoms with Crippen molar-refractivity contribution in [1.29, 1.82) is 0 Å². The first-order chi connectivity index (χ1) is 14.6. The Morgan fingerprint density at radius 3 is 1.63 bits per heavy atom. The number of methoxy groups -OCH3 is 3. The molecule has 0 aromatic heterocycles. The summed E-state index contributed by atoms with van der Waals surface area (Å²) in [5, 5.41) is 0. The van der Waals surface area contributed by atoms with Gasteiger partial charge in [0.25, 0.3) is 5.97 Å². The fourth-order valence-corrected chi connectivity index (χ4v) is 3.99. The van der Waals surface area contributed by atoms with E-state index >= 15 is 0 Å². The molecule has 0 aromatic carbocycles. The topological polar surface area (TPSA) is 49.4 Å². The van der Waals surface area contributed by atoms with Gasteiger partial charge in [0.1, 0.15) is 0 Å². The molecule has 6 heteroatoms. The molecule has 0 spiro atoms. The molecule has 0 aromatic rings. The van der Waals surface area contributed by atoms with Gasteiger partial charge in [0.15, 0.2) is 0 Å². The molecule has 1 unspecified atom stereocenters. The SMILES string of the molecule is CCCCCCCCC(CCCN(CCOCC)CCOCC)C(OC)(OC)OC. The molecule has 0 bridgehead atoms. The summed E-state index contributed by atoms with van der Waals surface area (Å²) in [5.74, 6) is -0.741. The zero-order valence-corrected chi connectivity index (χ0v) is 20.9. The molecule has 0 radical (unpaired) electrons. The second-order valence-corrected chi connectivity index (χ2v) is 7.85. The summed E-state index contributed by atoms with van der Waals surface area (Å²) in [6.07, 6.45) is 10.8. The third-order valence-electron chi connectivity index (χ3n) is 5.80. The lowest BCUT2D eigenvalue weighted by Crippen LogP contribution is -2.44. The Balaban J connectivity index is 4.68. The Kier molecular flexibility index (Phi) is 20.5. The van der Waals surface area contributed by atoms with Crippen LogP contribution in [0.1, 0.15) is 78.6 Å². The minimum Gasteiger partial charge on any atom is -0.380 e. The van der Waals surface area contributed by atoms with Gasteiger partial charge in [0.2, 0.25) is 0 Å². The summed E-state index contributed by atoms with van der Waals surface area (Å²) < 4.78 is 28.2. The van der Waals surface area contributed by atoms with Crippen LogP contribution in [0.5, 0.6) is 0 Å². The second kappa shape index (κ2) is 20.7. The average Bonchev–Trinajstić information content (AvgIpc) is 2.77. The molecular weight excluding hydrogens is 382 g/mol. The van der Waals surface area contributed by atoms with Crippen LogP contribution in [0, 0.1) is 5.92 Å². The maximum Gasteiger partial charge on any atom is 0.285 e. The van der Waals surface area contributed by atoms with Crippen LogP contribution in [0.2, 0.25) is 0 Å². The molecule has 0 rings (SSSR count). The maximum absolute atomic E-state index is 5.71. The van der Waals surface area contributed by atoms with Crippen molar-refractivity contribution >= 4 is 0 Å². The summed E-state index contributed by atoms with van der Waals surface area (Å²) in [7, 11) is 5.03. The van der Waals surface area contributed by atoms with Gasteiger partial charge in [-0.1, -0.05) is 45.4 Å². The zero-order valence-electron chi connectivity index (χ0n) is 20.9. The lowest BCUT2D eigenvalue weighted by molar-refractivity contribution is -0.380. The number of ether oxygens (including phenoxy) is 5. The van der Waals surface area contributed by atoms with Gasteiger partial charge in [-0.3, -0.25) is 4.90 Å². The standard InChI is InChI=1S/C24H51NO5/c1-7-10-11-12-13-14-16-23(24(26-4,27-5)28-6)17-15-18-25(19-21-29-8-2)20-22-30-9-3/h23H,7-22H2,1-6H3. The van der Waals surface area contributed by atoms with Crippen LogP contribution >= 0.6 is 0 Å². The van der Waals surface area contributed by atoms with Crippen molar-refractivity contribution in [3.05, 3.63) is 0 Å². The lowest BCUT2D eigenvalue weighted by atomic mass is 9.92. The molecule has 0 saturated heterocycles. The Bertz CT molecular complexity index is 334. The molecule has 6 nitrogen and oxygen atoms in total. The molecule has 0 aliphatic heterocycles. The smallest absolute Gasteiger partial charge is 0.285 e. The fourth-order valence-electron chi connectivity index (χ4n) is 3.99. The van der Waals surface area contributed by atoms with Crippen molar-refractivity contribution in [2.45, 2.75) is 84.5 Å². The summed E-state index contributed by atoms with van der Waals surface area (Å²) in [4.78, 5) is 2.43. The predicted molar refractivity (Wildman–Crippen MR) is 124 cm³/mol. The third-order valence-corrected chi connectivity index (χ3v) is 5.80. The van der Waals surface area contributed by atoms with E-state index in [9.17, 15) is 0 Å². The van der Waals surface area contributed by atoms with Crippen LogP contribution in [0.3, 0.4) is 0 Å². The van der Waals surface area contributed by atoms with E-state index in [1.807, 2.05) is 13.8 Å². The van der Waals surface area contributed by atoms with Gasteiger partial charge >= 0.3 is 0 Å². The normalized spacial score (nSPS) is 13.3. The zero-order chi connectivity index (χ0) is 22.5. The molecule has 0 fully saturated rings. The number of hydrogen-bond acceptors (Lipinski definition) is 6.